The van der Waals surface area contributed by atoms with Gasteiger partial charge in [0.05, 0.1) is 32.3 Å². The molecule has 1 saturated heterocycles. The topological polar surface area (TPSA) is 35.6 Å². The summed E-state index contributed by atoms with van der Waals surface area (Å²) in [4.78, 5) is 18.4. The molecule has 0 saturated carbocycles. The number of amides is 1. The van der Waals surface area contributed by atoms with Crippen LogP contribution in [0.1, 0.15) is 4.88 Å². The molecule has 0 spiro atoms. The molecule has 1 amide bonds. The molecule has 146 valence electrons. The number of anilines is 1. The molecule has 1 aromatic heterocycles. The molecular weight excluding hydrogens is 448 g/mol. The number of carbonyl (C=O) groups is 1. The minimum atomic E-state index is -0.191. The van der Waals surface area contributed by atoms with Crippen LogP contribution < -0.4 is 5.32 Å². The van der Waals surface area contributed by atoms with Crippen LogP contribution in [-0.4, -0.2) is 55.0 Å². The second-order valence-corrected chi connectivity index (χ2v) is 8.94. The van der Waals surface area contributed by atoms with E-state index in [1.807, 2.05) is 0 Å². The molecule has 2 aromatic rings. The number of hydrogen-bond acceptors (Lipinski definition) is 4. The van der Waals surface area contributed by atoms with Crippen LogP contribution in [0, 0.1) is 0 Å². The fourth-order valence-corrected chi connectivity index (χ4v) is 4.56. The second-order valence-electron chi connectivity index (χ2n) is 6.34. The highest BCUT2D eigenvalue weighted by atomic mass is 35.5. The Labute approximate surface area is 182 Å². The van der Waals surface area contributed by atoms with Crippen molar-refractivity contribution in [2.24, 2.45) is 0 Å². The van der Waals surface area contributed by atoms with E-state index in [9.17, 15) is 4.79 Å². The number of halogens is 4. The fraction of sp³-hybridized carbons (Fsp3) is 0.389. The number of carbonyl (C=O) groups excluding carboxylic acids is 1. The summed E-state index contributed by atoms with van der Waals surface area (Å²) in [5.74, 6) is -0.191. The normalized spacial score (nSPS) is 15.9. The minimum Gasteiger partial charge on any atom is -0.322 e. The number of thiophene rings is 1. The van der Waals surface area contributed by atoms with Crippen molar-refractivity contribution in [2.45, 2.75) is 6.42 Å². The first-order valence-electron chi connectivity index (χ1n) is 8.54. The minimum absolute atomic E-state index is 0.191. The first-order chi connectivity index (χ1) is 12.9. The van der Waals surface area contributed by atoms with Crippen LogP contribution in [0.25, 0.3) is 0 Å². The standard InChI is InChI=1S/C18H19Cl4N3OS/c19-13-10-14(20)17(22)18(16(13)21)23-15(26)11-25-7-5-24(6-8-25)4-3-12-2-1-9-27-12/h1-2,9-10H,3-8,11H2,(H,23,26). The predicted molar refractivity (Wildman–Crippen MR) is 116 cm³/mol. The van der Waals surface area contributed by atoms with Crippen LogP contribution in [0.2, 0.25) is 20.1 Å². The Hall–Kier alpha value is -0.530. The molecule has 9 heteroatoms. The maximum absolute atomic E-state index is 12.4. The molecule has 1 aromatic carbocycles. The lowest BCUT2D eigenvalue weighted by Gasteiger charge is -2.34. The molecule has 4 nitrogen and oxygen atoms in total. The molecule has 0 bridgehead atoms. The number of rotatable bonds is 6. The van der Waals surface area contributed by atoms with Gasteiger partial charge in [-0.05, 0) is 23.9 Å². The first kappa shape index (κ1) is 21.2. The molecule has 1 fully saturated rings. The van der Waals surface area contributed by atoms with Crippen LogP contribution >= 0.6 is 57.7 Å². The summed E-state index contributed by atoms with van der Waals surface area (Å²) in [6, 6.07) is 5.71. The third kappa shape index (κ3) is 5.73. The Morgan fingerprint density at radius 2 is 1.67 bits per heavy atom. The Bertz CT molecular complexity index is 766. The van der Waals surface area contributed by atoms with Crippen LogP contribution in [0.5, 0.6) is 0 Å². The molecular formula is C18H19Cl4N3OS. The second kappa shape index (κ2) is 9.79. The van der Waals surface area contributed by atoms with E-state index in [1.54, 1.807) is 11.3 Å². The summed E-state index contributed by atoms with van der Waals surface area (Å²) in [7, 11) is 0. The smallest absolute Gasteiger partial charge is 0.238 e. The van der Waals surface area contributed by atoms with E-state index in [0.717, 1.165) is 39.1 Å². The van der Waals surface area contributed by atoms with Gasteiger partial charge in [0.25, 0.3) is 0 Å². The van der Waals surface area contributed by atoms with E-state index in [1.165, 1.54) is 10.9 Å². The highest BCUT2D eigenvalue weighted by Crippen LogP contribution is 2.40. The zero-order chi connectivity index (χ0) is 19.4. The molecule has 1 aliphatic heterocycles. The van der Waals surface area contributed by atoms with Gasteiger partial charge in [-0.1, -0.05) is 52.5 Å². The summed E-state index contributed by atoms with van der Waals surface area (Å²) in [5, 5.41) is 5.73. The van der Waals surface area contributed by atoms with E-state index in [0.29, 0.717) is 0 Å². The predicted octanol–water partition coefficient (Wildman–Crippen LogP) is 5.16. The fourth-order valence-electron chi connectivity index (χ4n) is 2.96. The summed E-state index contributed by atoms with van der Waals surface area (Å²) in [6.07, 6.45) is 1.07. The Morgan fingerprint density at radius 3 is 2.26 bits per heavy atom. The maximum atomic E-state index is 12.4. The van der Waals surface area contributed by atoms with Crippen molar-refractivity contribution in [3.05, 3.63) is 48.5 Å². The lowest BCUT2D eigenvalue weighted by Crippen LogP contribution is -2.49. The van der Waals surface area contributed by atoms with Gasteiger partial charge in [0.1, 0.15) is 0 Å². The summed E-state index contributed by atoms with van der Waals surface area (Å²) in [5.41, 5.74) is 0.260. The monoisotopic (exact) mass is 465 g/mol. The van der Waals surface area contributed by atoms with Crippen molar-refractivity contribution in [2.75, 3.05) is 44.6 Å². The average molecular weight is 467 g/mol. The highest BCUT2D eigenvalue weighted by molar-refractivity contribution is 7.09. The van der Waals surface area contributed by atoms with E-state index in [-0.39, 0.29) is 38.2 Å². The van der Waals surface area contributed by atoms with Gasteiger partial charge in [-0.15, -0.1) is 11.3 Å². The summed E-state index contributed by atoms with van der Waals surface area (Å²) < 4.78 is 0. The van der Waals surface area contributed by atoms with Crippen LogP contribution in [0.4, 0.5) is 5.69 Å². The zero-order valence-electron chi connectivity index (χ0n) is 14.5. The number of nitrogens with zero attached hydrogens (tertiary/aromatic N) is 2. The molecule has 27 heavy (non-hydrogen) atoms. The Morgan fingerprint density at radius 1 is 1.04 bits per heavy atom. The van der Waals surface area contributed by atoms with E-state index >= 15 is 0 Å². The SMILES string of the molecule is O=C(CN1CCN(CCc2cccs2)CC1)Nc1c(Cl)c(Cl)cc(Cl)c1Cl. The van der Waals surface area contributed by atoms with E-state index in [2.05, 4.69) is 32.6 Å². The third-order valence-electron chi connectivity index (χ3n) is 4.46. The van der Waals surface area contributed by atoms with Gasteiger partial charge in [0.2, 0.25) is 5.91 Å². The molecule has 1 N–H and O–H groups in total. The van der Waals surface area contributed by atoms with Crippen LogP contribution in [0.3, 0.4) is 0 Å². The average Bonchev–Trinajstić information content (AvgIpc) is 3.17. The van der Waals surface area contributed by atoms with Gasteiger partial charge in [-0.3, -0.25) is 9.69 Å². The number of nitrogens with one attached hydrogen (secondary N) is 1. The van der Waals surface area contributed by atoms with Crippen LogP contribution in [-0.2, 0) is 11.2 Å². The van der Waals surface area contributed by atoms with Gasteiger partial charge < -0.3 is 10.2 Å². The van der Waals surface area contributed by atoms with Crippen molar-refractivity contribution < 1.29 is 4.79 Å². The lowest BCUT2D eigenvalue weighted by atomic mass is 10.2. The van der Waals surface area contributed by atoms with E-state index < -0.39 is 0 Å². The Balaban J connectivity index is 1.47. The largest absolute Gasteiger partial charge is 0.322 e. The number of piperazine rings is 1. The molecule has 1 aliphatic rings. The zero-order valence-corrected chi connectivity index (χ0v) is 18.3. The number of benzene rings is 1. The quantitative estimate of drug-likeness (QED) is 0.597. The highest BCUT2D eigenvalue weighted by Gasteiger charge is 2.21. The van der Waals surface area contributed by atoms with Crippen LogP contribution in [0.15, 0.2) is 23.6 Å². The van der Waals surface area contributed by atoms with Crippen molar-refractivity contribution in [1.29, 1.82) is 0 Å². The molecule has 0 atom stereocenters. The van der Waals surface area contributed by atoms with Gasteiger partial charge in [0, 0.05) is 37.6 Å². The van der Waals surface area contributed by atoms with Crippen molar-refractivity contribution >= 4 is 69.3 Å². The maximum Gasteiger partial charge on any atom is 0.238 e. The molecule has 3 rings (SSSR count). The van der Waals surface area contributed by atoms with Crippen molar-refractivity contribution in [1.82, 2.24) is 9.80 Å². The molecule has 0 aliphatic carbocycles. The summed E-state index contributed by atoms with van der Waals surface area (Å²) in [6.45, 7) is 4.90. The summed E-state index contributed by atoms with van der Waals surface area (Å²) >= 11 is 26.1. The van der Waals surface area contributed by atoms with Gasteiger partial charge in [-0.25, -0.2) is 0 Å². The Kier molecular flexibility index (Phi) is 7.68. The van der Waals surface area contributed by atoms with Gasteiger partial charge >= 0.3 is 0 Å². The molecule has 0 unspecified atom stereocenters. The van der Waals surface area contributed by atoms with E-state index in [4.69, 9.17) is 46.4 Å². The molecule has 0 radical (unpaired) electrons. The lowest BCUT2D eigenvalue weighted by molar-refractivity contribution is -0.117. The van der Waals surface area contributed by atoms with Crippen molar-refractivity contribution in [3.8, 4) is 0 Å². The van der Waals surface area contributed by atoms with Gasteiger partial charge in [0.15, 0.2) is 0 Å². The molecule has 2 heterocycles. The third-order valence-corrected chi connectivity index (χ3v) is 6.97. The number of hydrogen-bond donors (Lipinski definition) is 1. The first-order valence-corrected chi connectivity index (χ1v) is 10.9. The van der Waals surface area contributed by atoms with Gasteiger partial charge in [-0.2, -0.15) is 0 Å². The van der Waals surface area contributed by atoms with Crippen molar-refractivity contribution in [3.63, 3.8) is 0 Å².